The van der Waals surface area contributed by atoms with Gasteiger partial charge in [0.05, 0.1) is 6.42 Å². The Morgan fingerprint density at radius 1 is 1.00 bits per heavy atom. The van der Waals surface area contributed by atoms with Gasteiger partial charge < -0.3 is 20.5 Å². The lowest BCUT2D eigenvalue weighted by Gasteiger charge is -2.22. The van der Waals surface area contributed by atoms with Gasteiger partial charge in [-0.25, -0.2) is 4.79 Å². The molecule has 2 aromatic rings. The number of rotatable bonds is 9. The number of hydrogen-bond acceptors (Lipinski definition) is 4. The second kappa shape index (κ2) is 10.6. The van der Waals surface area contributed by atoms with Crippen molar-refractivity contribution < 1.29 is 37.4 Å². The summed E-state index contributed by atoms with van der Waals surface area (Å²) in [6.07, 6.45) is -7.44. The molecule has 10 heteroatoms. The Labute approximate surface area is 194 Å². The van der Waals surface area contributed by atoms with Gasteiger partial charge in [-0.05, 0) is 28.2 Å². The largest absolute Gasteiger partial charge is 0.481 e. The molecule has 2 unspecified atom stereocenters. The zero-order chi connectivity index (χ0) is 24.9. The van der Waals surface area contributed by atoms with Crippen LogP contribution in [0.4, 0.5) is 18.0 Å². The van der Waals surface area contributed by atoms with E-state index in [1.54, 1.807) is 12.2 Å². The second-order valence-corrected chi connectivity index (χ2v) is 8.28. The molecule has 3 N–H and O–H groups in total. The first-order chi connectivity index (χ1) is 16.1. The van der Waals surface area contributed by atoms with E-state index in [2.05, 4.69) is 5.32 Å². The van der Waals surface area contributed by atoms with Crippen LogP contribution in [0.25, 0.3) is 11.1 Å². The number of carbonyl (C=O) groups is 3. The molecule has 182 valence electrons. The Hall–Kier alpha value is -3.56. The quantitative estimate of drug-likeness (QED) is 0.504. The molecule has 0 saturated heterocycles. The van der Waals surface area contributed by atoms with Crippen LogP contribution in [0.15, 0.2) is 48.5 Å². The summed E-state index contributed by atoms with van der Waals surface area (Å²) in [4.78, 5) is 34.8. The van der Waals surface area contributed by atoms with Crippen molar-refractivity contribution in [3.8, 4) is 11.1 Å². The summed E-state index contributed by atoms with van der Waals surface area (Å²) in [5.41, 5.74) is 3.79. The molecule has 0 aromatic heterocycles. The highest BCUT2D eigenvalue weighted by molar-refractivity contribution is 5.79. The van der Waals surface area contributed by atoms with Crippen molar-refractivity contribution in [2.75, 3.05) is 13.2 Å². The van der Waals surface area contributed by atoms with Crippen molar-refractivity contribution >= 4 is 18.0 Å². The van der Waals surface area contributed by atoms with Crippen molar-refractivity contribution in [3.63, 3.8) is 0 Å². The molecular formula is C24H25F3N2O5. The van der Waals surface area contributed by atoms with Crippen LogP contribution in [0.3, 0.4) is 0 Å². The van der Waals surface area contributed by atoms with E-state index in [-0.39, 0.29) is 25.5 Å². The van der Waals surface area contributed by atoms with E-state index in [4.69, 9.17) is 9.84 Å². The minimum Gasteiger partial charge on any atom is -0.481 e. The summed E-state index contributed by atoms with van der Waals surface area (Å²) >= 11 is 0. The van der Waals surface area contributed by atoms with Crippen molar-refractivity contribution in [3.05, 3.63) is 59.7 Å². The predicted octanol–water partition coefficient (Wildman–Crippen LogP) is 4.07. The first kappa shape index (κ1) is 25.1. The van der Waals surface area contributed by atoms with Crippen LogP contribution in [0.2, 0.25) is 0 Å². The average molecular weight is 478 g/mol. The predicted molar refractivity (Wildman–Crippen MR) is 117 cm³/mol. The van der Waals surface area contributed by atoms with Crippen LogP contribution in [0.5, 0.6) is 0 Å². The first-order valence-electron chi connectivity index (χ1n) is 10.7. The highest BCUT2D eigenvalue weighted by Gasteiger charge is 2.42. The summed E-state index contributed by atoms with van der Waals surface area (Å²) in [7, 11) is 0. The number of nitrogens with one attached hydrogen (secondary N) is 2. The van der Waals surface area contributed by atoms with Gasteiger partial charge in [0.1, 0.15) is 12.6 Å². The Morgan fingerprint density at radius 2 is 1.56 bits per heavy atom. The average Bonchev–Trinajstić information content (AvgIpc) is 3.08. The van der Waals surface area contributed by atoms with E-state index >= 15 is 0 Å². The molecule has 2 atom stereocenters. The molecule has 0 spiro atoms. The van der Waals surface area contributed by atoms with Gasteiger partial charge in [0.15, 0.2) is 0 Å². The standard InChI is InChI=1S/C24H25F3N2O5/c1-14(10-22(31)32)12-28-21(30)11-20(24(25,26)27)29-23(33)34-13-19-17-8-4-2-6-15(17)16-7-3-5-9-18(16)19/h2-9,14,19-20H,10-13H2,1H3,(H,28,30)(H,29,33)(H,31,32). The fourth-order valence-corrected chi connectivity index (χ4v) is 3.95. The number of amides is 2. The molecule has 2 aromatic carbocycles. The van der Waals surface area contributed by atoms with Gasteiger partial charge in [-0.3, -0.25) is 9.59 Å². The van der Waals surface area contributed by atoms with E-state index in [9.17, 15) is 27.6 Å². The maximum atomic E-state index is 13.4. The van der Waals surface area contributed by atoms with Gasteiger partial charge >= 0.3 is 18.2 Å². The maximum Gasteiger partial charge on any atom is 0.409 e. The summed E-state index contributed by atoms with van der Waals surface area (Å²) < 4.78 is 45.4. The molecule has 1 aliphatic rings. The zero-order valence-electron chi connectivity index (χ0n) is 18.4. The third kappa shape index (κ3) is 6.27. The van der Waals surface area contributed by atoms with Gasteiger partial charge in [0, 0.05) is 18.9 Å². The number of benzene rings is 2. The van der Waals surface area contributed by atoms with Gasteiger partial charge in [0.2, 0.25) is 5.91 Å². The second-order valence-electron chi connectivity index (χ2n) is 8.28. The molecule has 2 amide bonds. The topological polar surface area (TPSA) is 105 Å². The number of carboxylic acids is 1. The minimum atomic E-state index is -4.88. The number of ether oxygens (including phenoxy) is 1. The molecule has 1 aliphatic carbocycles. The highest BCUT2D eigenvalue weighted by atomic mass is 19.4. The molecule has 0 saturated carbocycles. The number of carboxylic acid groups (broad SMARTS) is 1. The molecular weight excluding hydrogens is 453 g/mol. The van der Waals surface area contributed by atoms with Gasteiger partial charge in [-0.2, -0.15) is 13.2 Å². The van der Waals surface area contributed by atoms with Gasteiger partial charge in [-0.15, -0.1) is 0 Å². The summed E-state index contributed by atoms with van der Waals surface area (Å²) in [6, 6.07) is 12.6. The normalized spacial score (nSPS) is 14.5. The van der Waals surface area contributed by atoms with E-state index in [0.717, 1.165) is 22.3 Å². The Bertz CT molecular complexity index is 1010. The summed E-state index contributed by atoms with van der Waals surface area (Å²) in [5, 5.41) is 12.7. The number of alkyl carbamates (subject to hydrolysis) is 1. The van der Waals surface area contributed by atoms with Crippen LogP contribution >= 0.6 is 0 Å². The molecule has 3 rings (SSSR count). The smallest absolute Gasteiger partial charge is 0.409 e. The van der Waals surface area contributed by atoms with Crippen molar-refractivity contribution in [1.29, 1.82) is 0 Å². The van der Waals surface area contributed by atoms with Crippen LogP contribution in [0.1, 0.15) is 36.8 Å². The molecule has 34 heavy (non-hydrogen) atoms. The van der Waals surface area contributed by atoms with E-state index in [0.29, 0.717) is 0 Å². The Kier molecular flexibility index (Phi) is 7.80. The van der Waals surface area contributed by atoms with Crippen molar-refractivity contribution in [1.82, 2.24) is 10.6 Å². The van der Waals surface area contributed by atoms with E-state index < -0.39 is 42.5 Å². The number of aliphatic carboxylic acids is 1. The third-order valence-corrected chi connectivity index (χ3v) is 5.59. The van der Waals surface area contributed by atoms with Gasteiger partial charge in [-0.1, -0.05) is 55.5 Å². The third-order valence-electron chi connectivity index (χ3n) is 5.59. The van der Waals surface area contributed by atoms with Crippen LogP contribution < -0.4 is 10.6 Å². The monoisotopic (exact) mass is 478 g/mol. The number of alkyl halides is 3. The number of fused-ring (bicyclic) bond motifs is 3. The van der Waals surface area contributed by atoms with E-state index in [1.165, 1.54) is 0 Å². The first-order valence-corrected chi connectivity index (χ1v) is 10.7. The minimum absolute atomic E-state index is 0.0966. The molecule has 0 fully saturated rings. The fourth-order valence-electron chi connectivity index (χ4n) is 3.95. The highest BCUT2D eigenvalue weighted by Crippen LogP contribution is 2.44. The lowest BCUT2D eigenvalue weighted by Crippen LogP contribution is -2.48. The SMILES string of the molecule is CC(CNC(=O)CC(NC(=O)OCC1c2ccccc2-c2ccccc21)C(F)(F)F)CC(=O)O. The summed E-state index contributed by atoms with van der Waals surface area (Å²) in [6.45, 7) is 1.29. The fraction of sp³-hybridized carbons (Fsp3) is 0.375. The Morgan fingerprint density at radius 3 is 2.09 bits per heavy atom. The lowest BCUT2D eigenvalue weighted by molar-refractivity contribution is -0.160. The van der Waals surface area contributed by atoms with Gasteiger partial charge in [0.25, 0.3) is 0 Å². The molecule has 0 radical (unpaired) electrons. The van der Waals surface area contributed by atoms with E-state index in [1.807, 2.05) is 48.5 Å². The van der Waals surface area contributed by atoms with Crippen LogP contribution in [-0.2, 0) is 14.3 Å². The number of carbonyl (C=O) groups excluding carboxylic acids is 2. The zero-order valence-corrected chi connectivity index (χ0v) is 18.4. The van der Waals surface area contributed by atoms with Crippen LogP contribution in [-0.4, -0.2) is 48.4 Å². The van der Waals surface area contributed by atoms with Crippen molar-refractivity contribution in [2.24, 2.45) is 5.92 Å². The molecule has 0 aliphatic heterocycles. The van der Waals surface area contributed by atoms with Crippen LogP contribution in [0, 0.1) is 5.92 Å². The molecule has 7 nitrogen and oxygen atoms in total. The van der Waals surface area contributed by atoms with Crippen molar-refractivity contribution in [2.45, 2.75) is 37.9 Å². The molecule has 0 heterocycles. The molecule has 0 bridgehead atoms. The number of hydrogen-bond donors (Lipinski definition) is 3. The maximum absolute atomic E-state index is 13.4. The number of halogens is 3. The summed E-state index contributed by atoms with van der Waals surface area (Å²) in [5.74, 6) is -2.81. The Balaban J connectivity index is 1.58. The lowest BCUT2D eigenvalue weighted by atomic mass is 9.98.